The first-order valence-electron chi connectivity index (χ1n) is 7.05. The molecule has 106 valence electrons. The van der Waals surface area contributed by atoms with Gasteiger partial charge in [0, 0.05) is 5.54 Å². The average molecular weight is 261 g/mol. The maximum Gasteiger partial charge on any atom is 0.120 e. The van der Waals surface area contributed by atoms with Crippen molar-refractivity contribution in [3.63, 3.8) is 0 Å². The molecule has 0 saturated heterocycles. The van der Waals surface area contributed by atoms with Gasteiger partial charge in [0.1, 0.15) is 5.75 Å². The van der Waals surface area contributed by atoms with Gasteiger partial charge in [-0.2, -0.15) is 0 Å². The Morgan fingerprint density at radius 1 is 1.26 bits per heavy atom. The zero-order valence-electron chi connectivity index (χ0n) is 12.9. The summed E-state index contributed by atoms with van der Waals surface area (Å²) in [4.78, 5) is 0. The van der Waals surface area contributed by atoms with Crippen LogP contribution in [0.25, 0.3) is 6.08 Å². The second-order valence-electron chi connectivity index (χ2n) is 6.11. The molecule has 1 aromatic rings. The minimum Gasteiger partial charge on any atom is -0.491 e. The highest BCUT2D eigenvalue weighted by Gasteiger charge is 2.06. The predicted octanol–water partition coefficient (Wildman–Crippen LogP) is 4.27. The molecule has 0 unspecified atom stereocenters. The Morgan fingerprint density at radius 2 is 2.00 bits per heavy atom. The van der Waals surface area contributed by atoms with Crippen molar-refractivity contribution in [3.8, 4) is 5.75 Å². The van der Waals surface area contributed by atoms with Crippen LogP contribution in [0.2, 0.25) is 0 Å². The Morgan fingerprint density at radius 3 is 2.63 bits per heavy atom. The van der Waals surface area contributed by atoms with Crippen LogP contribution in [0.5, 0.6) is 5.75 Å². The van der Waals surface area contributed by atoms with Crippen LogP contribution >= 0.6 is 0 Å². The van der Waals surface area contributed by atoms with Crippen molar-refractivity contribution in [2.75, 3.05) is 6.54 Å². The Balaban J connectivity index is 2.44. The van der Waals surface area contributed by atoms with Gasteiger partial charge >= 0.3 is 0 Å². The van der Waals surface area contributed by atoms with E-state index in [4.69, 9.17) is 4.74 Å². The molecule has 0 spiro atoms. The number of hydrogen-bond donors (Lipinski definition) is 1. The molecule has 0 amide bonds. The van der Waals surface area contributed by atoms with Gasteiger partial charge in [-0.05, 0) is 65.3 Å². The van der Waals surface area contributed by atoms with Crippen molar-refractivity contribution in [3.05, 3.63) is 35.9 Å². The van der Waals surface area contributed by atoms with Gasteiger partial charge < -0.3 is 10.1 Å². The number of ether oxygens (including phenoxy) is 1. The molecule has 0 atom stereocenters. The lowest BCUT2D eigenvalue weighted by atomic mass is 10.1. The van der Waals surface area contributed by atoms with Crippen LogP contribution in [0.3, 0.4) is 0 Å². The van der Waals surface area contributed by atoms with Gasteiger partial charge in [0.15, 0.2) is 0 Å². The zero-order valence-corrected chi connectivity index (χ0v) is 12.9. The Labute approximate surface area is 117 Å². The Kier molecular flexibility index (Phi) is 6.10. The fourth-order valence-electron chi connectivity index (χ4n) is 1.71. The largest absolute Gasteiger partial charge is 0.491 e. The fraction of sp³-hybridized carbons (Fsp3) is 0.529. The van der Waals surface area contributed by atoms with E-state index in [-0.39, 0.29) is 11.6 Å². The van der Waals surface area contributed by atoms with Gasteiger partial charge in [0.2, 0.25) is 0 Å². The van der Waals surface area contributed by atoms with Crippen molar-refractivity contribution < 1.29 is 4.74 Å². The molecule has 0 aliphatic carbocycles. The molecule has 0 aliphatic rings. The molecule has 0 aromatic heterocycles. The first-order valence-corrected chi connectivity index (χ1v) is 7.05. The lowest BCUT2D eigenvalue weighted by molar-refractivity contribution is 0.242. The van der Waals surface area contributed by atoms with Crippen molar-refractivity contribution in [2.24, 2.45) is 0 Å². The third-order valence-corrected chi connectivity index (χ3v) is 2.51. The molecule has 1 N–H and O–H groups in total. The predicted molar refractivity (Wildman–Crippen MR) is 83.6 cm³/mol. The minimum atomic E-state index is 0.193. The minimum absolute atomic E-state index is 0.193. The summed E-state index contributed by atoms with van der Waals surface area (Å²) in [6.45, 7) is 11.6. The van der Waals surface area contributed by atoms with E-state index in [0.29, 0.717) is 0 Å². The van der Waals surface area contributed by atoms with Crippen LogP contribution in [-0.4, -0.2) is 18.2 Å². The van der Waals surface area contributed by atoms with Gasteiger partial charge in [-0.3, -0.25) is 0 Å². The van der Waals surface area contributed by atoms with Crippen LogP contribution in [0.1, 0.15) is 46.6 Å². The molecule has 19 heavy (non-hydrogen) atoms. The summed E-state index contributed by atoms with van der Waals surface area (Å²) in [6.07, 6.45) is 5.60. The summed E-state index contributed by atoms with van der Waals surface area (Å²) in [5.74, 6) is 0.935. The van der Waals surface area contributed by atoms with Crippen LogP contribution in [0.15, 0.2) is 30.3 Å². The summed E-state index contributed by atoms with van der Waals surface area (Å²) < 4.78 is 5.68. The van der Waals surface area contributed by atoms with Crippen molar-refractivity contribution in [2.45, 2.75) is 52.7 Å². The van der Waals surface area contributed by atoms with Crippen molar-refractivity contribution in [1.29, 1.82) is 0 Å². The highest BCUT2D eigenvalue weighted by atomic mass is 16.5. The molecule has 0 radical (unpaired) electrons. The standard InChI is InChI=1S/C17H27NO/c1-14(2)19-16-11-8-10-15(13-16)9-6-7-12-18-17(3,4)5/h6,8-11,13-14,18H,7,12H2,1-5H3. The Hall–Kier alpha value is -1.28. The van der Waals surface area contributed by atoms with Gasteiger partial charge in [0.05, 0.1) is 6.10 Å². The van der Waals surface area contributed by atoms with Crippen LogP contribution in [0.4, 0.5) is 0 Å². The maximum absolute atomic E-state index is 5.68. The monoisotopic (exact) mass is 261 g/mol. The van der Waals surface area contributed by atoms with E-state index in [1.165, 1.54) is 5.56 Å². The van der Waals surface area contributed by atoms with Crippen molar-refractivity contribution >= 4 is 6.08 Å². The van der Waals surface area contributed by atoms with Crippen molar-refractivity contribution in [1.82, 2.24) is 5.32 Å². The van der Waals surface area contributed by atoms with E-state index in [1.807, 2.05) is 26.0 Å². The summed E-state index contributed by atoms with van der Waals surface area (Å²) in [6, 6.07) is 8.21. The third-order valence-electron chi connectivity index (χ3n) is 2.51. The van der Waals surface area contributed by atoms with E-state index in [0.717, 1.165) is 18.7 Å². The summed E-state index contributed by atoms with van der Waals surface area (Å²) in [7, 11) is 0. The summed E-state index contributed by atoms with van der Waals surface area (Å²) in [5, 5.41) is 3.47. The zero-order chi connectivity index (χ0) is 14.3. The van der Waals surface area contributed by atoms with Gasteiger partial charge in [-0.1, -0.05) is 24.3 Å². The number of rotatable bonds is 6. The van der Waals surface area contributed by atoms with E-state index >= 15 is 0 Å². The van der Waals surface area contributed by atoms with Gasteiger partial charge in [-0.15, -0.1) is 0 Å². The first-order chi connectivity index (χ1) is 8.87. The summed E-state index contributed by atoms with van der Waals surface area (Å²) >= 11 is 0. The van der Waals surface area contributed by atoms with E-state index in [2.05, 4.69) is 50.4 Å². The lowest BCUT2D eigenvalue weighted by Gasteiger charge is -2.19. The second-order valence-corrected chi connectivity index (χ2v) is 6.11. The molecule has 1 aromatic carbocycles. The number of nitrogens with one attached hydrogen (secondary N) is 1. The second kappa shape index (κ2) is 7.34. The third kappa shape index (κ3) is 7.68. The van der Waals surface area contributed by atoms with Gasteiger partial charge in [-0.25, -0.2) is 0 Å². The van der Waals surface area contributed by atoms with E-state index in [1.54, 1.807) is 0 Å². The summed E-state index contributed by atoms with van der Waals surface area (Å²) in [5.41, 5.74) is 1.38. The van der Waals surface area contributed by atoms with Crippen LogP contribution in [-0.2, 0) is 0 Å². The highest BCUT2D eigenvalue weighted by molar-refractivity contribution is 5.51. The SMILES string of the molecule is CC(C)Oc1cccc(C=CCCNC(C)(C)C)c1. The number of hydrogen-bond acceptors (Lipinski definition) is 2. The smallest absolute Gasteiger partial charge is 0.120 e. The van der Waals surface area contributed by atoms with E-state index < -0.39 is 0 Å². The molecule has 1 rings (SSSR count). The Bertz CT molecular complexity index is 402. The highest BCUT2D eigenvalue weighted by Crippen LogP contribution is 2.16. The normalized spacial score (nSPS) is 12.3. The van der Waals surface area contributed by atoms with Crippen LogP contribution in [0, 0.1) is 0 Å². The lowest BCUT2D eigenvalue weighted by Crippen LogP contribution is -2.36. The molecule has 2 nitrogen and oxygen atoms in total. The molecule has 0 bridgehead atoms. The number of benzene rings is 1. The molecule has 0 heterocycles. The first kappa shape index (κ1) is 15.8. The average Bonchev–Trinajstić information content (AvgIpc) is 2.26. The topological polar surface area (TPSA) is 21.3 Å². The van der Waals surface area contributed by atoms with E-state index in [9.17, 15) is 0 Å². The molecule has 0 aliphatic heterocycles. The maximum atomic E-state index is 5.68. The molecule has 2 heteroatoms. The quantitative estimate of drug-likeness (QED) is 0.772. The molecule has 0 fully saturated rings. The molecular weight excluding hydrogens is 234 g/mol. The molecule has 0 saturated carbocycles. The molecular formula is C17H27NO. The van der Waals surface area contributed by atoms with Gasteiger partial charge in [0.25, 0.3) is 0 Å². The van der Waals surface area contributed by atoms with Crippen LogP contribution < -0.4 is 10.1 Å². The fourth-order valence-corrected chi connectivity index (χ4v) is 1.71.